The van der Waals surface area contributed by atoms with Gasteiger partial charge in [0.1, 0.15) is 11.4 Å². The summed E-state index contributed by atoms with van der Waals surface area (Å²) in [4.78, 5) is 21.3. The van der Waals surface area contributed by atoms with Gasteiger partial charge in [-0.3, -0.25) is 4.79 Å². The van der Waals surface area contributed by atoms with Crippen molar-refractivity contribution in [3.8, 4) is 5.75 Å². The molecule has 0 unspecified atom stereocenters. The van der Waals surface area contributed by atoms with Gasteiger partial charge in [-0.25, -0.2) is 9.97 Å². The number of hydrogen-bond donors (Lipinski definition) is 2. The summed E-state index contributed by atoms with van der Waals surface area (Å²) in [6.45, 7) is 4.45. The van der Waals surface area contributed by atoms with Crippen LogP contribution in [0.15, 0.2) is 54.6 Å². The summed E-state index contributed by atoms with van der Waals surface area (Å²) >= 11 is 0. The highest BCUT2D eigenvalue weighted by Gasteiger charge is 2.11. The van der Waals surface area contributed by atoms with Crippen LogP contribution in [0.5, 0.6) is 5.75 Å². The van der Waals surface area contributed by atoms with E-state index in [4.69, 9.17) is 4.74 Å². The van der Waals surface area contributed by atoms with Crippen LogP contribution in [0, 0.1) is 6.92 Å². The number of ether oxygens (including phenoxy) is 1. The first-order valence-corrected chi connectivity index (χ1v) is 9.70. The fourth-order valence-corrected chi connectivity index (χ4v) is 3.00. The van der Waals surface area contributed by atoms with E-state index in [9.17, 15) is 4.79 Å². The highest BCUT2D eigenvalue weighted by atomic mass is 16.5. The van der Waals surface area contributed by atoms with E-state index in [1.165, 1.54) is 5.56 Å². The molecule has 0 spiro atoms. The van der Waals surface area contributed by atoms with Crippen LogP contribution in [0.25, 0.3) is 0 Å². The molecule has 0 saturated carbocycles. The van der Waals surface area contributed by atoms with Crippen LogP contribution in [0.2, 0.25) is 0 Å². The van der Waals surface area contributed by atoms with Crippen LogP contribution in [0.1, 0.15) is 34.2 Å². The molecule has 2 N–H and O–H groups in total. The van der Waals surface area contributed by atoms with Crippen LogP contribution in [0.3, 0.4) is 0 Å². The lowest BCUT2D eigenvalue weighted by Gasteiger charge is -2.10. The number of nitrogens with zero attached hydrogens (tertiary/aromatic N) is 2. The van der Waals surface area contributed by atoms with Gasteiger partial charge in [0.25, 0.3) is 5.91 Å². The summed E-state index contributed by atoms with van der Waals surface area (Å²) in [5, 5.41) is 6.09. The van der Waals surface area contributed by atoms with Crippen LogP contribution < -0.4 is 15.4 Å². The molecular weight excluding hydrogens is 364 g/mol. The lowest BCUT2D eigenvalue weighted by atomic mass is 10.1. The minimum Gasteiger partial charge on any atom is -0.496 e. The van der Waals surface area contributed by atoms with Crippen molar-refractivity contribution in [3.05, 3.63) is 77.1 Å². The Morgan fingerprint density at radius 1 is 1.07 bits per heavy atom. The Morgan fingerprint density at radius 2 is 1.83 bits per heavy atom. The average molecular weight is 390 g/mol. The molecule has 0 aliphatic carbocycles. The van der Waals surface area contributed by atoms with Crippen LogP contribution in [-0.2, 0) is 12.8 Å². The molecule has 1 heterocycles. The summed E-state index contributed by atoms with van der Waals surface area (Å²) in [6.07, 6.45) is 1.66. The third-order valence-corrected chi connectivity index (χ3v) is 4.58. The zero-order valence-corrected chi connectivity index (χ0v) is 17.0. The van der Waals surface area contributed by atoms with Gasteiger partial charge in [0.05, 0.1) is 7.11 Å². The maximum atomic E-state index is 12.6. The lowest BCUT2D eigenvalue weighted by Crippen LogP contribution is -2.27. The number of methoxy groups -OCH3 is 1. The monoisotopic (exact) mass is 390 g/mol. The Kier molecular flexibility index (Phi) is 6.79. The van der Waals surface area contributed by atoms with Gasteiger partial charge in [0.15, 0.2) is 0 Å². The molecule has 0 saturated heterocycles. The number of aryl methyl sites for hydroxylation is 2. The quantitative estimate of drug-likeness (QED) is 0.606. The first-order valence-electron chi connectivity index (χ1n) is 9.70. The molecule has 0 fully saturated rings. The Labute approximate surface area is 171 Å². The smallest absolute Gasteiger partial charge is 0.270 e. The van der Waals surface area contributed by atoms with Crippen molar-refractivity contribution in [2.45, 2.75) is 26.7 Å². The number of amides is 1. The molecule has 6 nitrogen and oxygen atoms in total. The van der Waals surface area contributed by atoms with E-state index in [0.717, 1.165) is 29.1 Å². The Balaban J connectivity index is 1.64. The zero-order chi connectivity index (χ0) is 20.6. The largest absolute Gasteiger partial charge is 0.496 e. The number of hydrogen-bond acceptors (Lipinski definition) is 5. The van der Waals surface area contributed by atoms with Crippen molar-refractivity contribution in [2.75, 3.05) is 19.0 Å². The summed E-state index contributed by atoms with van der Waals surface area (Å²) in [7, 11) is 1.64. The van der Waals surface area contributed by atoms with Crippen LogP contribution >= 0.6 is 0 Å². The van der Waals surface area contributed by atoms with Crippen LogP contribution in [0.4, 0.5) is 11.6 Å². The van der Waals surface area contributed by atoms with Crippen molar-refractivity contribution in [1.82, 2.24) is 15.3 Å². The maximum absolute atomic E-state index is 12.6. The molecule has 3 aromatic rings. The standard InChI is InChI=1S/C23H26N4O2/c1-4-17-9-11-19(12-10-17)26-23-25-16(2)15-20(27-23)22(28)24-14-13-18-7-5-6-8-21(18)29-3/h5-12,15H,4,13-14H2,1-3H3,(H,24,28)(H,25,26,27). The number of carbonyl (C=O) groups excluding carboxylic acids is 1. The number of anilines is 2. The van der Waals surface area contributed by atoms with Crippen molar-refractivity contribution in [3.63, 3.8) is 0 Å². The number of rotatable bonds is 8. The number of benzene rings is 2. The average Bonchev–Trinajstić information content (AvgIpc) is 2.74. The van der Waals surface area contributed by atoms with Crippen molar-refractivity contribution in [1.29, 1.82) is 0 Å². The fourth-order valence-electron chi connectivity index (χ4n) is 3.00. The number of aromatic nitrogens is 2. The summed E-state index contributed by atoms with van der Waals surface area (Å²) in [5.41, 5.74) is 4.26. The molecule has 3 rings (SSSR count). The van der Waals surface area contributed by atoms with Crippen molar-refractivity contribution in [2.24, 2.45) is 0 Å². The number of para-hydroxylation sites is 1. The van der Waals surface area contributed by atoms with Crippen molar-refractivity contribution >= 4 is 17.5 Å². The molecular formula is C23H26N4O2. The lowest BCUT2D eigenvalue weighted by molar-refractivity contribution is 0.0949. The molecule has 6 heteroatoms. The minimum atomic E-state index is -0.227. The Morgan fingerprint density at radius 3 is 2.55 bits per heavy atom. The van der Waals surface area contributed by atoms with Gasteiger partial charge < -0.3 is 15.4 Å². The second kappa shape index (κ2) is 9.68. The number of carbonyl (C=O) groups is 1. The highest BCUT2D eigenvalue weighted by Crippen LogP contribution is 2.18. The molecule has 2 aromatic carbocycles. The summed E-state index contributed by atoms with van der Waals surface area (Å²) < 4.78 is 5.35. The molecule has 1 amide bonds. The van der Waals surface area contributed by atoms with E-state index < -0.39 is 0 Å². The van der Waals surface area contributed by atoms with E-state index in [1.807, 2.05) is 43.3 Å². The Hall–Kier alpha value is -3.41. The highest BCUT2D eigenvalue weighted by molar-refractivity contribution is 5.92. The predicted octanol–water partition coefficient (Wildman–Crippen LogP) is 4.07. The number of nitrogens with one attached hydrogen (secondary N) is 2. The first-order chi connectivity index (χ1) is 14.1. The Bertz CT molecular complexity index is 971. The van der Waals surface area contributed by atoms with E-state index >= 15 is 0 Å². The van der Waals surface area contributed by atoms with Gasteiger partial charge in [0.2, 0.25) is 5.95 Å². The molecule has 0 atom stereocenters. The second-order valence-electron chi connectivity index (χ2n) is 6.71. The SMILES string of the molecule is CCc1ccc(Nc2nc(C)cc(C(=O)NCCc3ccccc3OC)n2)cc1. The van der Waals surface area contributed by atoms with Crippen LogP contribution in [-0.4, -0.2) is 29.5 Å². The van der Waals surface area contributed by atoms with E-state index in [2.05, 4.69) is 39.7 Å². The summed E-state index contributed by atoms with van der Waals surface area (Å²) in [6, 6.07) is 17.6. The summed E-state index contributed by atoms with van der Waals surface area (Å²) in [5.74, 6) is 0.999. The van der Waals surface area contributed by atoms with E-state index in [-0.39, 0.29) is 5.91 Å². The third kappa shape index (κ3) is 5.54. The molecule has 0 bridgehead atoms. The molecule has 0 aliphatic rings. The van der Waals surface area contributed by atoms with Gasteiger partial charge in [0, 0.05) is 17.9 Å². The predicted molar refractivity (Wildman–Crippen MR) is 115 cm³/mol. The van der Waals surface area contributed by atoms with Gasteiger partial charge >= 0.3 is 0 Å². The van der Waals surface area contributed by atoms with Gasteiger partial charge in [-0.2, -0.15) is 0 Å². The molecule has 150 valence electrons. The molecule has 1 aromatic heterocycles. The third-order valence-electron chi connectivity index (χ3n) is 4.58. The maximum Gasteiger partial charge on any atom is 0.270 e. The first kappa shape index (κ1) is 20.3. The molecule has 29 heavy (non-hydrogen) atoms. The van der Waals surface area contributed by atoms with E-state index in [1.54, 1.807) is 13.2 Å². The molecule has 0 radical (unpaired) electrons. The zero-order valence-electron chi connectivity index (χ0n) is 17.0. The van der Waals surface area contributed by atoms with Gasteiger partial charge in [-0.1, -0.05) is 37.3 Å². The molecule has 0 aliphatic heterocycles. The van der Waals surface area contributed by atoms with Gasteiger partial charge in [-0.05, 0) is 55.2 Å². The normalized spacial score (nSPS) is 10.4. The van der Waals surface area contributed by atoms with Crippen molar-refractivity contribution < 1.29 is 9.53 Å². The topological polar surface area (TPSA) is 76.1 Å². The minimum absolute atomic E-state index is 0.227. The fraction of sp³-hybridized carbons (Fsp3) is 0.261. The van der Waals surface area contributed by atoms with Gasteiger partial charge in [-0.15, -0.1) is 0 Å². The second-order valence-corrected chi connectivity index (χ2v) is 6.71. The van der Waals surface area contributed by atoms with E-state index in [0.29, 0.717) is 24.6 Å².